The number of nitrogens with zero attached hydrogens (tertiary/aromatic N) is 6. The number of pyridine rings is 1. The van der Waals surface area contributed by atoms with Gasteiger partial charge in [0, 0.05) is 51.4 Å². The maximum Gasteiger partial charge on any atom is 0.301 e. The second kappa shape index (κ2) is 12.7. The van der Waals surface area contributed by atoms with E-state index in [9.17, 15) is 0 Å². The Morgan fingerprint density at radius 3 is 2.35 bits per heavy atom. The van der Waals surface area contributed by atoms with Crippen LogP contribution in [0, 0.1) is 0 Å². The van der Waals surface area contributed by atoms with Gasteiger partial charge in [0.25, 0.3) is 0 Å². The first-order chi connectivity index (χ1) is 19.3. The van der Waals surface area contributed by atoms with Crippen LogP contribution >= 0.6 is 11.6 Å². The van der Waals surface area contributed by atoms with Gasteiger partial charge in [-0.05, 0) is 50.1 Å². The van der Waals surface area contributed by atoms with Crippen LogP contribution in [0.2, 0.25) is 30.7 Å². The summed E-state index contributed by atoms with van der Waals surface area (Å²) in [6, 6.07) is 13.7. The van der Waals surface area contributed by atoms with Gasteiger partial charge in [-0.15, -0.1) is 0 Å². The number of aromatic nitrogens is 5. The summed E-state index contributed by atoms with van der Waals surface area (Å²) in [6.07, 6.45) is 8.12. The van der Waals surface area contributed by atoms with Crippen molar-refractivity contribution < 1.29 is 9.47 Å². The van der Waals surface area contributed by atoms with Gasteiger partial charge in [-0.2, -0.15) is 4.98 Å². The van der Waals surface area contributed by atoms with Crippen molar-refractivity contribution in [3.05, 3.63) is 59.6 Å². The van der Waals surface area contributed by atoms with Crippen LogP contribution < -0.4 is 9.64 Å². The molecule has 1 atom stereocenters. The fourth-order valence-corrected chi connectivity index (χ4v) is 5.85. The number of hydrogen-bond donors (Lipinski definition) is 0. The van der Waals surface area contributed by atoms with Crippen LogP contribution in [0.4, 0.5) is 5.69 Å². The standard InChI is InChI=1S/C30H39ClN6O2Si/c1-22(28-32-14-9-15-33-28)39-30-34-26-20-25(31)27(35-29(26)37(30)21-38-18-19-40(2,3)4)23-10-12-24(13-11-23)36-16-7-5-6-8-17-36/h9-15,20,22H,5-8,16-19,21H2,1-4H3. The largest absolute Gasteiger partial charge is 0.453 e. The first-order valence-electron chi connectivity index (χ1n) is 14.2. The zero-order valence-corrected chi connectivity index (χ0v) is 25.7. The molecule has 0 radical (unpaired) electrons. The highest BCUT2D eigenvalue weighted by Crippen LogP contribution is 2.33. The summed E-state index contributed by atoms with van der Waals surface area (Å²) in [7, 11) is -1.23. The normalized spacial score (nSPS) is 15.3. The summed E-state index contributed by atoms with van der Waals surface area (Å²) in [5.74, 6) is 0.580. The number of halogens is 1. The average molecular weight is 579 g/mol. The predicted octanol–water partition coefficient (Wildman–Crippen LogP) is 7.37. The van der Waals surface area contributed by atoms with Crippen LogP contribution in [-0.4, -0.2) is 52.3 Å². The molecule has 5 rings (SSSR count). The minimum atomic E-state index is -1.23. The third kappa shape index (κ3) is 7.00. The second-order valence-electron chi connectivity index (χ2n) is 11.6. The van der Waals surface area contributed by atoms with Crippen LogP contribution in [0.3, 0.4) is 0 Å². The molecule has 0 amide bonds. The number of anilines is 1. The molecule has 4 heterocycles. The van der Waals surface area contributed by atoms with Gasteiger partial charge in [0.05, 0.1) is 10.7 Å². The van der Waals surface area contributed by atoms with Gasteiger partial charge in [0.1, 0.15) is 12.2 Å². The molecule has 0 spiro atoms. The Kier molecular flexibility index (Phi) is 9.02. The van der Waals surface area contributed by atoms with Crippen LogP contribution in [-0.2, 0) is 11.5 Å². The number of ether oxygens (including phenoxy) is 2. The SMILES string of the molecule is CC(Oc1nc2cc(Cl)c(-c3ccc(N4CCCCCC4)cc3)nc2n1COCC[Si](C)(C)C)c1ncccn1. The third-order valence-corrected chi connectivity index (χ3v) is 9.19. The van der Waals surface area contributed by atoms with E-state index in [4.69, 9.17) is 31.0 Å². The Morgan fingerprint density at radius 2 is 1.68 bits per heavy atom. The van der Waals surface area contributed by atoms with Gasteiger partial charge >= 0.3 is 6.01 Å². The summed E-state index contributed by atoms with van der Waals surface area (Å²) < 4.78 is 14.3. The van der Waals surface area contributed by atoms with Gasteiger partial charge < -0.3 is 14.4 Å². The molecule has 1 aliphatic heterocycles. The minimum Gasteiger partial charge on any atom is -0.453 e. The van der Waals surface area contributed by atoms with E-state index < -0.39 is 14.2 Å². The predicted molar refractivity (Wildman–Crippen MR) is 164 cm³/mol. The summed E-state index contributed by atoms with van der Waals surface area (Å²) in [5.41, 5.74) is 4.24. The Balaban J connectivity index is 1.45. The monoisotopic (exact) mass is 578 g/mol. The maximum atomic E-state index is 6.78. The molecular formula is C30H39ClN6O2Si. The highest BCUT2D eigenvalue weighted by molar-refractivity contribution is 6.76. The Bertz CT molecular complexity index is 1400. The first kappa shape index (κ1) is 28.5. The summed E-state index contributed by atoms with van der Waals surface area (Å²) >= 11 is 6.78. The molecule has 1 saturated heterocycles. The zero-order valence-electron chi connectivity index (χ0n) is 23.9. The van der Waals surface area contributed by atoms with Crippen molar-refractivity contribution in [3.8, 4) is 17.3 Å². The summed E-state index contributed by atoms with van der Waals surface area (Å²) in [6.45, 7) is 12.1. The van der Waals surface area contributed by atoms with E-state index in [1.54, 1.807) is 18.5 Å². The lowest BCUT2D eigenvalue weighted by molar-refractivity contribution is 0.0758. The quantitative estimate of drug-likeness (QED) is 0.143. The van der Waals surface area contributed by atoms with Crippen LogP contribution in [0.1, 0.15) is 44.5 Å². The minimum absolute atomic E-state index is 0.278. The molecule has 1 unspecified atom stereocenters. The van der Waals surface area contributed by atoms with E-state index >= 15 is 0 Å². The topological polar surface area (TPSA) is 78.2 Å². The molecule has 8 nitrogen and oxygen atoms in total. The molecule has 4 aromatic rings. The molecule has 0 bridgehead atoms. The van der Waals surface area contributed by atoms with Crippen LogP contribution in [0.25, 0.3) is 22.4 Å². The maximum absolute atomic E-state index is 6.78. The van der Waals surface area contributed by atoms with Crippen molar-refractivity contribution in [2.24, 2.45) is 0 Å². The lowest BCUT2D eigenvalue weighted by Gasteiger charge is -2.22. The molecule has 0 N–H and O–H groups in total. The summed E-state index contributed by atoms with van der Waals surface area (Å²) in [5, 5.41) is 0.547. The van der Waals surface area contributed by atoms with Crippen LogP contribution in [0.15, 0.2) is 48.8 Å². The van der Waals surface area contributed by atoms with E-state index in [2.05, 4.69) is 58.8 Å². The smallest absolute Gasteiger partial charge is 0.301 e. The molecule has 1 fully saturated rings. The van der Waals surface area contributed by atoms with Crippen molar-refractivity contribution in [1.82, 2.24) is 24.5 Å². The van der Waals surface area contributed by atoms with Gasteiger partial charge in [-0.1, -0.05) is 56.2 Å². The van der Waals surface area contributed by atoms with Gasteiger partial charge in [-0.25, -0.2) is 15.0 Å². The Morgan fingerprint density at radius 1 is 0.975 bits per heavy atom. The summed E-state index contributed by atoms with van der Waals surface area (Å²) in [4.78, 5) is 20.9. The van der Waals surface area contributed by atoms with Crippen molar-refractivity contribution in [3.63, 3.8) is 0 Å². The van der Waals surface area contributed by atoms with Crippen molar-refractivity contribution in [2.45, 2.75) is 71.1 Å². The average Bonchev–Trinajstić information content (AvgIpc) is 3.08. The van der Waals surface area contributed by atoms with Gasteiger partial charge in [0.2, 0.25) is 0 Å². The molecule has 212 valence electrons. The molecule has 1 aliphatic rings. The van der Waals surface area contributed by atoms with E-state index in [0.717, 1.165) is 24.7 Å². The molecule has 3 aromatic heterocycles. The Hall–Kier alpha value is -3.01. The van der Waals surface area contributed by atoms with Crippen molar-refractivity contribution in [2.75, 3.05) is 24.6 Å². The molecule has 0 aliphatic carbocycles. The molecule has 40 heavy (non-hydrogen) atoms. The fourth-order valence-electron chi connectivity index (χ4n) is 4.84. The van der Waals surface area contributed by atoms with E-state index in [1.807, 2.05) is 17.6 Å². The molecule has 10 heteroatoms. The lowest BCUT2D eigenvalue weighted by atomic mass is 10.1. The van der Waals surface area contributed by atoms with Gasteiger partial charge in [0.15, 0.2) is 17.6 Å². The number of rotatable bonds is 10. The number of imidazole rings is 1. The van der Waals surface area contributed by atoms with E-state index in [0.29, 0.717) is 40.3 Å². The fraction of sp³-hybridized carbons (Fsp3) is 0.467. The molecule has 0 saturated carbocycles. The molecule has 1 aromatic carbocycles. The first-order valence-corrected chi connectivity index (χ1v) is 18.3. The number of hydrogen-bond acceptors (Lipinski definition) is 7. The zero-order chi connectivity index (χ0) is 28.1. The third-order valence-electron chi connectivity index (χ3n) is 7.20. The Labute approximate surface area is 242 Å². The highest BCUT2D eigenvalue weighted by atomic mass is 35.5. The van der Waals surface area contributed by atoms with Gasteiger partial charge in [-0.3, -0.25) is 4.57 Å². The number of benzene rings is 1. The van der Waals surface area contributed by atoms with Crippen molar-refractivity contribution in [1.29, 1.82) is 0 Å². The van der Waals surface area contributed by atoms with E-state index in [1.165, 1.54) is 31.4 Å². The van der Waals surface area contributed by atoms with Crippen LogP contribution in [0.5, 0.6) is 6.01 Å². The van der Waals surface area contributed by atoms with Crippen molar-refractivity contribution >= 4 is 36.5 Å². The van der Waals surface area contributed by atoms with E-state index in [-0.39, 0.29) is 6.73 Å². The lowest BCUT2D eigenvalue weighted by Crippen LogP contribution is -2.23. The highest BCUT2D eigenvalue weighted by Gasteiger charge is 2.21. The molecular weight excluding hydrogens is 540 g/mol. The second-order valence-corrected chi connectivity index (χ2v) is 17.7. The number of fused-ring (bicyclic) bond motifs is 1.